The van der Waals surface area contributed by atoms with E-state index in [0.717, 1.165) is 6.26 Å². The number of anilines is 1. The fourth-order valence-corrected chi connectivity index (χ4v) is 4.17. The summed E-state index contributed by atoms with van der Waals surface area (Å²) in [6.07, 6.45) is 1.06. The Hall–Kier alpha value is -2.96. The van der Waals surface area contributed by atoms with Gasteiger partial charge in [0.05, 0.1) is 16.9 Å². The predicted octanol–water partition coefficient (Wildman–Crippen LogP) is 0.947. The molecule has 0 aliphatic rings. The van der Waals surface area contributed by atoms with Crippen molar-refractivity contribution in [2.45, 2.75) is 22.8 Å². The Morgan fingerprint density at radius 1 is 0.935 bits per heavy atom. The third-order valence-electron chi connectivity index (χ3n) is 3.97. The van der Waals surface area contributed by atoms with Crippen molar-refractivity contribution < 1.29 is 35.9 Å². The Labute approximate surface area is 180 Å². The van der Waals surface area contributed by atoms with E-state index in [2.05, 4.69) is 10.0 Å². The van der Waals surface area contributed by atoms with E-state index in [-0.39, 0.29) is 9.79 Å². The molecule has 0 bridgehead atoms. The molecule has 12 heteroatoms. The third kappa shape index (κ3) is 7.05. The second-order valence-electron chi connectivity index (χ2n) is 6.47. The lowest BCUT2D eigenvalue weighted by molar-refractivity contribution is -0.148. The van der Waals surface area contributed by atoms with E-state index in [1.165, 1.54) is 62.6 Å². The van der Waals surface area contributed by atoms with Crippen LogP contribution in [0.3, 0.4) is 0 Å². The monoisotopic (exact) mass is 470 g/mol. The molecule has 2 rings (SSSR count). The molecule has 0 aromatic heterocycles. The highest BCUT2D eigenvalue weighted by Gasteiger charge is 2.23. The van der Waals surface area contributed by atoms with Crippen LogP contribution in [0.4, 0.5) is 5.69 Å². The standard InChI is InChI=1S/C19H22N2O8S2/c1-13(21-31(26,27)17-10-6-15(28-2)7-11-17)19(23)29-12-18(22)20-14-4-8-16(9-5-14)30(3,24)25/h4-11,13,21H,12H2,1-3H3,(H,20,22)/t13-/m0/s1. The second kappa shape index (κ2) is 9.90. The van der Waals surface area contributed by atoms with Gasteiger partial charge in [0.1, 0.15) is 11.8 Å². The fraction of sp³-hybridized carbons (Fsp3) is 0.263. The minimum atomic E-state index is -3.99. The number of hydrogen-bond acceptors (Lipinski definition) is 8. The van der Waals surface area contributed by atoms with Crippen LogP contribution >= 0.6 is 0 Å². The van der Waals surface area contributed by atoms with Crippen LogP contribution < -0.4 is 14.8 Å². The van der Waals surface area contributed by atoms with Crippen molar-refractivity contribution >= 4 is 37.4 Å². The van der Waals surface area contributed by atoms with Gasteiger partial charge in [0.15, 0.2) is 16.4 Å². The van der Waals surface area contributed by atoms with E-state index in [1.54, 1.807) is 0 Å². The number of benzene rings is 2. The minimum absolute atomic E-state index is 0.0665. The Morgan fingerprint density at radius 3 is 2.00 bits per heavy atom. The van der Waals surface area contributed by atoms with Crippen molar-refractivity contribution in [1.82, 2.24) is 4.72 Å². The van der Waals surface area contributed by atoms with Gasteiger partial charge in [0.2, 0.25) is 10.0 Å². The second-order valence-corrected chi connectivity index (χ2v) is 10.2. The molecule has 1 atom stereocenters. The number of carbonyl (C=O) groups is 2. The molecule has 0 heterocycles. The summed E-state index contributed by atoms with van der Waals surface area (Å²) in [5, 5.41) is 2.44. The number of amides is 1. The molecule has 0 aliphatic carbocycles. The zero-order valence-electron chi connectivity index (χ0n) is 17.0. The first-order valence-corrected chi connectivity index (χ1v) is 12.2. The maximum Gasteiger partial charge on any atom is 0.324 e. The average molecular weight is 471 g/mol. The zero-order chi connectivity index (χ0) is 23.2. The van der Waals surface area contributed by atoms with Crippen molar-refractivity contribution in [2.24, 2.45) is 0 Å². The van der Waals surface area contributed by atoms with Crippen molar-refractivity contribution in [3.63, 3.8) is 0 Å². The molecule has 2 aromatic carbocycles. The summed E-state index contributed by atoms with van der Waals surface area (Å²) in [6, 6.07) is 9.76. The molecule has 0 fully saturated rings. The Morgan fingerprint density at radius 2 is 1.48 bits per heavy atom. The van der Waals surface area contributed by atoms with Crippen LogP contribution in [0.25, 0.3) is 0 Å². The number of sulfonamides is 1. The van der Waals surface area contributed by atoms with Gasteiger partial charge in [0.25, 0.3) is 5.91 Å². The highest BCUT2D eigenvalue weighted by atomic mass is 32.2. The molecule has 168 valence electrons. The Balaban J connectivity index is 1.88. The van der Waals surface area contributed by atoms with Gasteiger partial charge in [-0.05, 0) is 55.5 Å². The zero-order valence-corrected chi connectivity index (χ0v) is 18.6. The molecule has 0 radical (unpaired) electrons. The van der Waals surface area contributed by atoms with E-state index < -0.39 is 44.4 Å². The number of carbonyl (C=O) groups excluding carboxylic acids is 2. The summed E-state index contributed by atoms with van der Waals surface area (Å²) in [5.74, 6) is -1.14. The van der Waals surface area contributed by atoms with Crippen LogP contribution in [-0.2, 0) is 34.2 Å². The number of ether oxygens (including phenoxy) is 2. The van der Waals surface area contributed by atoms with Crippen LogP contribution in [0.2, 0.25) is 0 Å². The Bertz CT molecular complexity index is 1140. The van der Waals surface area contributed by atoms with Crippen LogP contribution in [-0.4, -0.2) is 54.7 Å². The SMILES string of the molecule is COc1ccc(S(=O)(=O)N[C@@H](C)C(=O)OCC(=O)Nc2ccc(S(C)(=O)=O)cc2)cc1. The molecule has 0 aliphatic heterocycles. The molecule has 0 saturated heterocycles. The molecule has 31 heavy (non-hydrogen) atoms. The number of esters is 1. The van der Waals surface area contributed by atoms with Crippen LogP contribution in [0.1, 0.15) is 6.92 Å². The van der Waals surface area contributed by atoms with Crippen molar-refractivity contribution in [2.75, 3.05) is 25.3 Å². The van der Waals surface area contributed by atoms with Gasteiger partial charge in [0, 0.05) is 11.9 Å². The molecule has 0 unspecified atom stereocenters. The number of nitrogens with one attached hydrogen (secondary N) is 2. The highest BCUT2D eigenvalue weighted by molar-refractivity contribution is 7.90. The molecule has 2 aromatic rings. The minimum Gasteiger partial charge on any atom is -0.497 e. The lowest BCUT2D eigenvalue weighted by Gasteiger charge is -2.14. The highest BCUT2D eigenvalue weighted by Crippen LogP contribution is 2.16. The quantitative estimate of drug-likeness (QED) is 0.515. The predicted molar refractivity (Wildman–Crippen MR) is 112 cm³/mol. The van der Waals surface area contributed by atoms with Gasteiger partial charge in [-0.1, -0.05) is 0 Å². The lowest BCUT2D eigenvalue weighted by atomic mass is 10.3. The van der Waals surface area contributed by atoms with Gasteiger partial charge in [-0.2, -0.15) is 4.72 Å². The van der Waals surface area contributed by atoms with Crippen molar-refractivity contribution in [1.29, 1.82) is 0 Å². The van der Waals surface area contributed by atoms with Crippen LogP contribution in [0, 0.1) is 0 Å². The lowest BCUT2D eigenvalue weighted by Crippen LogP contribution is -2.40. The first-order valence-electron chi connectivity index (χ1n) is 8.85. The number of sulfone groups is 1. The maximum absolute atomic E-state index is 12.3. The van der Waals surface area contributed by atoms with Gasteiger partial charge in [-0.3, -0.25) is 9.59 Å². The summed E-state index contributed by atoms with van der Waals surface area (Å²) in [5.41, 5.74) is 0.307. The first-order chi connectivity index (χ1) is 14.4. The summed E-state index contributed by atoms with van der Waals surface area (Å²) in [4.78, 5) is 24.0. The third-order valence-corrected chi connectivity index (χ3v) is 6.65. The molecule has 0 saturated carbocycles. The first kappa shape index (κ1) is 24.3. The molecule has 1 amide bonds. The fourth-order valence-electron chi connectivity index (χ4n) is 2.35. The van der Waals surface area contributed by atoms with E-state index >= 15 is 0 Å². The van der Waals surface area contributed by atoms with E-state index in [1.807, 2.05) is 0 Å². The van der Waals surface area contributed by atoms with Crippen molar-refractivity contribution in [3.05, 3.63) is 48.5 Å². The summed E-state index contributed by atoms with van der Waals surface area (Å²) >= 11 is 0. The average Bonchev–Trinajstić information content (AvgIpc) is 2.71. The molecular formula is C19H22N2O8S2. The number of hydrogen-bond donors (Lipinski definition) is 2. The molecular weight excluding hydrogens is 448 g/mol. The van der Waals surface area contributed by atoms with Crippen LogP contribution in [0.5, 0.6) is 5.75 Å². The van der Waals surface area contributed by atoms with E-state index in [0.29, 0.717) is 11.4 Å². The summed E-state index contributed by atoms with van der Waals surface area (Å²) in [6.45, 7) is 0.631. The molecule has 2 N–H and O–H groups in total. The topological polar surface area (TPSA) is 145 Å². The number of rotatable bonds is 9. The smallest absolute Gasteiger partial charge is 0.324 e. The van der Waals surface area contributed by atoms with Crippen LogP contribution in [0.15, 0.2) is 58.3 Å². The van der Waals surface area contributed by atoms with Gasteiger partial charge in [-0.15, -0.1) is 0 Å². The summed E-state index contributed by atoms with van der Waals surface area (Å²) in [7, 11) is -5.91. The number of methoxy groups -OCH3 is 1. The summed E-state index contributed by atoms with van der Waals surface area (Å²) < 4.78 is 59.5. The Kier molecular flexibility index (Phi) is 7.76. The van der Waals surface area contributed by atoms with Gasteiger partial charge in [-0.25, -0.2) is 16.8 Å². The maximum atomic E-state index is 12.3. The van der Waals surface area contributed by atoms with Gasteiger partial charge < -0.3 is 14.8 Å². The van der Waals surface area contributed by atoms with E-state index in [4.69, 9.17) is 9.47 Å². The normalized spacial score (nSPS) is 12.6. The largest absolute Gasteiger partial charge is 0.497 e. The van der Waals surface area contributed by atoms with E-state index in [9.17, 15) is 26.4 Å². The van der Waals surface area contributed by atoms with Crippen molar-refractivity contribution in [3.8, 4) is 5.75 Å². The molecule has 10 nitrogen and oxygen atoms in total. The van der Waals surface area contributed by atoms with Gasteiger partial charge >= 0.3 is 5.97 Å². The molecule has 0 spiro atoms.